The minimum Gasteiger partial charge on any atom is -1.00 e. The molecule has 0 saturated carbocycles. The van der Waals surface area contributed by atoms with Crippen LogP contribution in [0.2, 0.25) is 0 Å². The van der Waals surface area contributed by atoms with Crippen LogP contribution in [0, 0.1) is 0 Å². The zero-order valence-corrected chi connectivity index (χ0v) is 12.7. The van der Waals surface area contributed by atoms with Gasteiger partial charge in [0.15, 0.2) is 0 Å². The fourth-order valence-corrected chi connectivity index (χ4v) is 1.22. The van der Waals surface area contributed by atoms with E-state index in [-0.39, 0.29) is 68.5 Å². The van der Waals surface area contributed by atoms with Crippen LogP contribution >= 0.6 is 0 Å². The van der Waals surface area contributed by atoms with Crippen LogP contribution in [0.5, 0.6) is 0 Å². The Morgan fingerprint density at radius 3 is 2.47 bits per heavy atom. The Labute approximate surface area is 134 Å². The third-order valence-corrected chi connectivity index (χ3v) is 2.04. The molecule has 0 saturated heterocycles. The number of hydrogen-bond acceptors (Lipinski definition) is 5. The van der Waals surface area contributed by atoms with Gasteiger partial charge < -0.3 is 21.1 Å². The van der Waals surface area contributed by atoms with E-state index >= 15 is 0 Å². The van der Waals surface area contributed by atoms with Crippen molar-refractivity contribution in [2.75, 3.05) is 26.4 Å². The molecule has 0 atom stereocenters. The minimum absolute atomic E-state index is 0. The largest absolute Gasteiger partial charge is 1.00 e. The number of carbonyl (C=O) groups is 2. The average molecular weight is 278 g/mol. The summed E-state index contributed by atoms with van der Waals surface area (Å²) in [5, 5.41) is 17.2. The van der Waals surface area contributed by atoms with Crippen molar-refractivity contribution >= 4 is 11.9 Å². The molecule has 19 heavy (non-hydrogen) atoms. The van der Waals surface area contributed by atoms with Crippen LogP contribution in [0.25, 0.3) is 0 Å². The Morgan fingerprint density at radius 1 is 1.16 bits per heavy atom. The summed E-state index contributed by atoms with van der Waals surface area (Å²) in [6.07, 6.45) is 0. The smallest absolute Gasteiger partial charge is 1.00 e. The molecule has 0 heterocycles. The molecule has 0 aliphatic rings. The van der Waals surface area contributed by atoms with Crippen molar-refractivity contribution in [1.29, 1.82) is 0 Å². The van der Waals surface area contributed by atoms with Gasteiger partial charge in [-0.05, 0) is 18.2 Å². The van der Waals surface area contributed by atoms with Gasteiger partial charge in [-0.3, -0.25) is 0 Å². The summed E-state index contributed by atoms with van der Waals surface area (Å²) in [5.74, 6) is -1.71. The molecule has 0 radical (unpaired) electrons. The molecule has 1 aromatic rings. The molecule has 2 N–H and O–H groups in total. The topological polar surface area (TPSA) is 93.1 Å². The number of carbonyl (C=O) groups excluding carboxylic acids is 1. The number of hydrogen-bond donors (Lipinski definition) is 2. The molecule has 0 aliphatic heterocycles. The number of aliphatic hydroxyl groups is 1. The van der Waals surface area contributed by atoms with Crippen LogP contribution in [0.1, 0.15) is 22.1 Å². The van der Waals surface area contributed by atoms with Gasteiger partial charge in [0.1, 0.15) is 6.61 Å². The second-order valence-electron chi connectivity index (χ2n) is 3.36. The van der Waals surface area contributed by atoms with Crippen molar-refractivity contribution in [3.8, 4) is 0 Å². The molecule has 0 bridgehead atoms. The summed E-state index contributed by atoms with van der Waals surface area (Å²) in [6.45, 7) is 0.335. The van der Waals surface area contributed by atoms with Crippen LogP contribution in [-0.2, 0) is 9.47 Å². The Hall–Kier alpha value is -0.920. The first-order valence-corrected chi connectivity index (χ1v) is 5.34. The Kier molecular flexibility index (Phi) is 9.46. The first-order valence-electron chi connectivity index (χ1n) is 5.34. The molecule has 6 nitrogen and oxygen atoms in total. The van der Waals surface area contributed by atoms with Crippen molar-refractivity contribution in [2.24, 2.45) is 0 Å². The van der Waals surface area contributed by atoms with Gasteiger partial charge >= 0.3 is 41.5 Å². The number of benzene rings is 1. The number of ether oxygens (including phenoxy) is 2. The molecule has 1 rings (SSSR count). The number of aliphatic hydroxyl groups excluding tert-OH is 1. The third-order valence-electron chi connectivity index (χ3n) is 2.04. The Balaban J connectivity index is 0. The first kappa shape index (κ1) is 18.1. The van der Waals surface area contributed by atoms with Crippen LogP contribution in [-0.4, -0.2) is 48.6 Å². The normalized spacial score (nSPS) is 9.53. The SMILES string of the molecule is O=C(O)c1cccc(C(=O)OCCOCCO)c1.[H-].[Na+]. The van der Waals surface area contributed by atoms with Crippen molar-refractivity contribution < 1.29 is 60.3 Å². The van der Waals surface area contributed by atoms with Gasteiger partial charge in [0.2, 0.25) is 0 Å². The molecular formula is C12H15NaO6. The van der Waals surface area contributed by atoms with Crippen LogP contribution < -0.4 is 29.6 Å². The maximum atomic E-state index is 11.5. The van der Waals surface area contributed by atoms with Gasteiger partial charge in [-0.15, -0.1) is 0 Å². The molecule has 7 heteroatoms. The minimum atomic E-state index is -1.10. The van der Waals surface area contributed by atoms with Crippen LogP contribution in [0.4, 0.5) is 0 Å². The molecule has 0 amide bonds. The van der Waals surface area contributed by atoms with Crippen LogP contribution in [0.3, 0.4) is 0 Å². The van der Waals surface area contributed by atoms with Crippen molar-refractivity contribution in [2.45, 2.75) is 0 Å². The zero-order chi connectivity index (χ0) is 13.4. The van der Waals surface area contributed by atoms with Crippen molar-refractivity contribution in [3.63, 3.8) is 0 Å². The van der Waals surface area contributed by atoms with E-state index in [0.717, 1.165) is 0 Å². The summed E-state index contributed by atoms with van der Waals surface area (Å²) >= 11 is 0. The fourth-order valence-electron chi connectivity index (χ4n) is 1.22. The third kappa shape index (κ3) is 6.70. The number of esters is 1. The molecular weight excluding hydrogens is 263 g/mol. The van der Waals surface area contributed by atoms with Gasteiger partial charge in [0.05, 0.1) is 30.9 Å². The van der Waals surface area contributed by atoms with E-state index in [1.165, 1.54) is 24.3 Å². The van der Waals surface area contributed by atoms with Gasteiger partial charge in [-0.25, -0.2) is 9.59 Å². The van der Waals surface area contributed by atoms with Gasteiger partial charge in [-0.1, -0.05) is 6.07 Å². The maximum absolute atomic E-state index is 11.5. The zero-order valence-electron chi connectivity index (χ0n) is 11.7. The van der Waals surface area contributed by atoms with Gasteiger partial charge in [0, 0.05) is 0 Å². The number of aromatic carboxylic acids is 1. The molecule has 1 aromatic carbocycles. The van der Waals surface area contributed by atoms with Crippen molar-refractivity contribution in [1.82, 2.24) is 0 Å². The summed E-state index contributed by atoms with van der Waals surface area (Å²) in [7, 11) is 0. The predicted molar refractivity (Wildman–Crippen MR) is 62.7 cm³/mol. The maximum Gasteiger partial charge on any atom is 1.00 e. The number of carboxylic acids is 1. The predicted octanol–water partition coefficient (Wildman–Crippen LogP) is -2.33. The quantitative estimate of drug-likeness (QED) is 0.330. The molecule has 100 valence electrons. The summed E-state index contributed by atoms with van der Waals surface area (Å²) < 4.78 is 9.78. The molecule has 0 aromatic heterocycles. The molecule has 0 spiro atoms. The van der Waals surface area contributed by atoms with E-state index in [1.54, 1.807) is 0 Å². The summed E-state index contributed by atoms with van der Waals surface area (Å²) in [4.78, 5) is 22.2. The van der Waals surface area contributed by atoms with E-state index in [2.05, 4.69) is 0 Å². The average Bonchev–Trinajstić information content (AvgIpc) is 2.38. The van der Waals surface area contributed by atoms with E-state index in [9.17, 15) is 9.59 Å². The number of carboxylic acid groups (broad SMARTS) is 1. The first-order chi connectivity index (χ1) is 8.65. The monoisotopic (exact) mass is 278 g/mol. The van der Waals surface area contributed by atoms with E-state index < -0.39 is 11.9 Å². The molecule has 0 aliphatic carbocycles. The number of rotatable bonds is 7. The van der Waals surface area contributed by atoms with E-state index in [0.29, 0.717) is 0 Å². The second kappa shape index (κ2) is 9.94. The Morgan fingerprint density at radius 2 is 1.84 bits per heavy atom. The van der Waals surface area contributed by atoms with Crippen LogP contribution in [0.15, 0.2) is 24.3 Å². The Bertz CT molecular complexity index is 426. The summed E-state index contributed by atoms with van der Waals surface area (Å²) in [6, 6.07) is 5.59. The fraction of sp³-hybridized carbons (Fsp3) is 0.333. The van der Waals surface area contributed by atoms with Gasteiger partial charge in [-0.2, -0.15) is 0 Å². The molecule has 0 fully saturated rings. The van der Waals surface area contributed by atoms with E-state index in [4.69, 9.17) is 19.7 Å². The second-order valence-corrected chi connectivity index (χ2v) is 3.36. The standard InChI is InChI=1S/C12H14O6.Na.H/c13-4-5-17-6-7-18-12(16)10-3-1-2-9(8-10)11(14)15;;/h1-3,8,13H,4-7H2,(H,14,15);;/q;+1;-1. The molecule has 0 unspecified atom stereocenters. The van der Waals surface area contributed by atoms with Crippen molar-refractivity contribution in [3.05, 3.63) is 35.4 Å². The summed E-state index contributed by atoms with van der Waals surface area (Å²) in [5.41, 5.74) is 0.207. The van der Waals surface area contributed by atoms with Gasteiger partial charge in [0.25, 0.3) is 0 Å². The van der Waals surface area contributed by atoms with E-state index in [1.807, 2.05) is 0 Å².